The number of carbonyl (C=O) groups excluding carboxylic acids is 1. The monoisotopic (exact) mass is 236 g/mol. The lowest BCUT2D eigenvalue weighted by atomic mass is 9.78. The van der Waals surface area contributed by atoms with Crippen LogP contribution in [0.2, 0.25) is 0 Å². The molecule has 0 radical (unpaired) electrons. The van der Waals surface area contributed by atoms with E-state index in [1.54, 1.807) is 25.0 Å². The van der Waals surface area contributed by atoms with Gasteiger partial charge >= 0.3 is 0 Å². The number of aromatic nitrogens is 2. The third kappa shape index (κ3) is 1.96. The number of Topliss-reactive ketones (excluding diaryl/α,β-unsaturated/α-hetero) is 1. The predicted molar refractivity (Wildman–Crippen MR) is 65.2 cm³/mol. The molecule has 4 nitrogen and oxygen atoms in total. The number of hydrogen-bond acceptors (Lipinski definition) is 3. The quantitative estimate of drug-likeness (QED) is 0.757. The minimum atomic E-state index is 0.0896. The van der Waals surface area contributed by atoms with Crippen LogP contribution in [0.15, 0.2) is 6.20 Å². The van der Waals surface area contributed by atoms with Crippen molar-refractivity contribution in [3.8, 4) is 5.75 Å². The number of aryl methyl sites for hydroxylation is 1. The highest BCUT2D eigenvalue weighted by Gasteiger charge is 2.41. The molecular formula is C13H20N2O2. The fourth-order valence-electron chi connectivity index (χ4n) is 2.83. The Morgan fingerprint density at radius 2 is 2.29 bits per heavy atom. The van der Waals surface area contributed by atoms with E-state index >= 15 is 0 Å². The van der Waals surface area contributed by atoms with Crippen molar-refractivity contribution in [2.45, 2.75) is 33.1 Å². The summed E-state index contributed by atoms with van der Waals surface area (Å²) in [7, 11) is 3.37. The lowest BCUT2D eigenvalue weighted by molar-refractivity contribution is 0.0825. The molecule has 0 aliphatic heterocycles. The van der Waals surface area contributed by atoms with Crippen molar-refractivity contribution in [3.05, 3.63) is 11.9 Å². The molecule has 0 N–H and O–H groups in total. The Labute approximate surface area is 102 Å². The number of hydrogen-bond donors (Lipinski definition) is 0. The number of methoxy groups -OCH3 is 1. The molecule has 0 saturated heterocycles. The zero-order chi connectivity index (χ0) is 12.6. The molecule has 0 spiro atoms. The Morgan fingerprint density at radius 3 is 2.82 bits per heavy atom. The number of carbonyl (C=O) groups is 1. The van der Waals surface area contributed by atoms with Crippen molar-refractivity contribution in [1.29, 1.82) is 0 Å². The summed E-state index contributed by atoms with van der Waals surface area (Å²) in [6.45, 7) is 4.34. The molecule has 1 saturated carbocycles. The predicted octanol–water partition coefficient (Wildman–Crippen LogP) is 2.44. The van der Waals surface area contributed by atoms with Gasteiger partial charge in [0.2, 0.25) is 0 Å². The normalized spacial score (nSPS) is 22.7. The summed E-state index contributed by atoms with van der Waals surface area (Å²) < 4.78 is 6.83. The smallest absolute Gasteiger partial charge is 0.188 e. The van der Waals surface area contributed by atoms with Gasteiger partial charge in [-0.3, -0.25) is 9.48 Å². The van der Waals surface area contributed by atoms with E-state index < -0.39 is 0 Å². The summed E-state index contributed by atoms with van der Waals surface area (Å²) in [5.74, 6) is 0.844. The van der Waals surface area contributed by atoms with E-state index in [0.29, 0.717) is 11.4 Å². The molecule has 94 valence electrons. The minimum absolute atomic E-state index is 0.0896. The Morgan fingerprint density at radius 1 is 1.59 bits per heavy atom. The van der Waals surface area contributed by atoms with Crippen LogP contribution in [0.5, 0.6) is 5.75 Å². The molecule has 1 aromatic rings. The van der Waals surface area contributed by atoms with Gasteiger partial charge in [-0.25, -0.2) is 0 Å². The molecule has 1 aromatic heterocycles. The summed E-state index contributed by atoms with van der Waals surface area (Å²) in [5.41, 5.74) is 0.694. The Bertz CT molecular complexity index is 435. The highest BCUT2D eigenvalue weighted by molar-refractivity contribution is 5.99. The third-order valence-electron chi connectivity index (χ3n) is 3.93. The van der Waals surface area contributed by atoms with Gasteiger partial charge in [-0.2, -0.15) is 5.10 Å². The van der Waals surface area contributed by atoms with Crippen LogP contribution in [0.4, 0.5) is 0 Å². The molecule has 1 aliphatic carbocycles. The molecule has 1 aliphatic rings. The van der Waals surface area contributed by atoms with Gasteiger partial charge in [0.25, 0.3) is 0 Å². The van der Waals surface area contributed by atoms with Crippen LogP contribution in [-0.2, 0) is 7.05 Å². The molecular weight excluding hydrogens is 216 g/mol. The topological polar surface area (TPSA) is 44.1 Å². The highest BCUT2D eigenvalue weighted by atomic mass is 16.5. The van der Waals surface area contributed by atoms with E-state index in [1.807, 2.05) is 0 Å². The second-order valence-electron chi connectivity index (χ2n) is 5.48. The fraction of sp³-hybridized carbons (Fsp3) is 0.692. The van der Waals surface area contributed by atoms with Crippen molar-refractivity contribution in [2.24, 2.45) is 18.4 Å². The van der Waals surface area contributed by atoms with Crippen LogP contribution in [-0.4, -0.2) is 22.7 Å². The van der Waals surface area contributed by atoms with Crippen LogP contribution in [0.25, 0.3) is 0 Å². The van der Waals surface area contributed by atoms with Gasteiger partial charge in [0.1, 0.15) is 5.69 Å². The van der Waals surface area contributed by atoms with Crippen LogP contribution < -0.4 is 4.74 Å². The van der Waals surface area contributed by atoms with Gasteiger partial charge in [-0.1, -0.05) is 20.3 Å². The van der Waals surface area contributed by atoms with Crippen molar-refractivity contribution in [1.82, 2.24) is 9.78 Å². The van der Waals surface area contributed by atoms with Crippen LogP contribution in [0.3, 0.4) is 0 Å². The van der Waals surface area contributed by atoms with E-state index in [2.05, 4.69) is 18.9 Å². The SMILES string of the molecule is COc1cnn(C)c1C(=O)C1CCCC1(C)C. The molecule has 0 amide bonds. The zero-order valence-corrected chi connectivity index (χ0v) is 11.0. The van der Waals surface area contributed by atoms with Crippen LogP contribution in [0.1, 0.15) is 43.6 Å². The Hall–Kier alpha value is -1.32. The van der Waals surface area contributed by atoms with Crippen LogP contribution >= 0.6 is 0 Å². The van der Waals surface area contributed by atoms with Gasteiger partial charge in [0.15, 0.2) is 11.5 Å². The van der Waals surface area contributed by atoms with E-state index in [-0.39, 0.29) is 17.1 Å². The van der Waals surface area contributed by atoms with Crippen molar-refractivity contribution in [3.63, 3.8) is 0 Å². The molecule has 1 fully saturated rings. The van der Waals surface area contributed by atoms with Gasteiger partial charge < -0.3 is 4.74 Å². The van der Waals surface area contributed by atoms with Crippen molar-refractivity contribution in [2.75, 3.05) is 7.11 Å². The first kappa shape index (κ1) is 12.1. The fourth-order valence-corrected chi connectivity index (χ4v) is 2.83. The Kier molecular flexibility index (Phi) is 2.98. The summed E-state index contributed by atoms with van der Waals surface area (Å²) in [6, 6.07) is 0. The first-order chi connectivity index (χ1) is 7.97. The lowest BCUT2D eigenvalue weighted by Gasteiger charge is -2.25. The largest absolute Gasteiger partial charge is 0.493 e. The molecule has 1 atom stereocenters. The number of rotatable bonds is 3. The summed E-state index contributed by atoms with van der Waals surface area (Å²) >= 11 is 0. The van der Waals surface area contributed by atoms with Gasteiger partial charge in [0.05, 0.1) is 13.3 Å². The lowest BCUT2D eigenvalue weighted by Crippen LogP contribution is -2.27. The minimum Gasteiger partial charge on any atom is -0.493 e. The summed E-state index contributed by atoms with van der Waals surface area (Å²) in [6.07, 6.45) is 4.82. The van der Waals surface area contributed by atoms with Crippen molar-refractivity contribution >= 4 is 5.78 Å². The number of ketones is 1. The molecule has 17 heavy (non-hydrogen) atoms. The third-order valence-corrected chi connectivity index (χ3v) is 3.93. The summed E-state index contributed by atoms with van der Waals surface area (Å²) in [5, 5.41) is 4.10. The zero-order valence-electron chi connectivity index (χ0n) is 11.0. The van der Waals surface area contributed by atoms with Gasteiger partial charge in [-0.15, -0.1) is 0 Å². The molecule has 1 heterocycles. The molecule has 1 unspecified atom stereocenters. The first-order valence-corrected chi connectivity index (χ1v) is 6.07. The van der Waals surface area contributed by atoms with Crippen LogP contribution in [0, 0.1) is 11.3 Å². The number of ether oxygens (including phenoxy) is 1. The second-order valence-corrected chi connectivity index (χ2v) is 5.48. The molecule has 0 bridgehead atoms. The van der Waals surface area contributed by atoms with Crippen molar-refractivity contribution < 1.29 is 9.53 Å². The molecule has 4 heteroatoms. The maximum Gasteiger partial charge on any atom is 0.188 e. The van der Waals surface area contributed by atoms with Gasteiger partial charge in [-0.05, 0) is 18.3 Å². The van der Waals surface area contributed by atoms with E-state index in [1.165, 1.54) is 0 Å². The first-order valence-electron chi connectivity index (χ1n) is 6.07. The van der Waals surface area contributed by atoms with E-state index in [9.17, 15) is 4.79 Å². The average Bonchev–Trinajstić information content (AvgIpc) is 2.80. The molecule has 0 aromatic carbocycles. The highest BCUT2D eigenvalue weighted by Crippen LogP contribution is 2.44. The number of nitrogens with zero attached hydrogens (tertiary/aromatic N) is 2. The standard InChI is InChI=1S/C13H20N2O2/c1-13(2)7-5-6-9(13)12(16)11-10(17-4)8-14-15(11)3/h8-9H,5-7H2,1-4H3. The Balaban J connectivity index is 2.34. The summed E-state index contributed by atoms with van der Waals surface area (Å²) in [4.78, 5) is 12.6. The second kappa shape index (κ2) is 4.17. The maximum atomic E-state index is 12.6. The average molecular weight is 236 g/mol. The van der Waals surface area contributed by atoms with Gasteiger partial charge in [0, 0.05) is 13.0 Å². The molecule has 2 rings (SSSR count). The maximum absolute atomic E-state index is 12.6. The van der Waals surface area contributed by atoms with E-state index in [0.717, 1.165) is 19.3 Å². The van der Waals surface area contributed by atoms with E-state index in [4.69, 9.17) is 4.74 Å².